The normalized spacial score (nSPS) is 10.8. The van der Waals surface area contributed by atoms with E-state index in [1.54, 1.807) is 25.1 Å². The number of carbonyl (C=O) groups is 1. The number of carbonyl (C=O) groups excluding carboxylic acids is 1. The Labute approximate surface area is 137 Å². The fraction of sp³-hybridized carbons (Fsp3) is 0.176. The molecule has 6 nitrogen and oxygen atoms in total. The summed E-state index contributed by atoms with van der Waals surface area (Å²) in [6.45, 7) is 1.69. The lowest BCUT2D eigenvalue weighted by molar-refractivity contribution is 0.0920. The van der Waals surface area contributed by atoms with Crippen LogP contribution in [0.15, 0.2) is 41.1 Å². The maximum absolute atomic E-state index is 14.1. The Morgan fingerprint density at radius 2 is 2.21 bits per heavy atom. The van der Waals surface area contributed by atoms with Gasteiger partial charge in [0.15, 0.2) is 0 Å². The number of hydrogen-bond acceptors (Lipinski definition) is 5. The van der Waals surface area contributed by atoms with Gasteiger partial charge in [0, 0.05) is 18.9 Å². The van der Waals surface area contributed by atoms with Crippen LogP contribution in [0.4, 0.5) is 15.8 Å². The lowest BCUT2D eigenvalue weighted by atomic mass is 10.2. The summed E-state index contributed by atoms with van der Waals surface area (Å²) in [5.74, 6) is -0.934. The predicted octanol–water partition coefficient (Wildman–Crippen LogP) is 2.74. The van der Waals surface area contributed by atoms with Crippen LogP contribution in [0.3, 0.4) is 0 Å². The van der Waals surface area contributed by atoms with Crippen LogP contribution in [-0.4, -0.2) is 29.1 Å². The Morgan fingerprint density at radius 3 is 2.96 bits per heavy atom. The van der Waals surface area contributed by atoms with Gasteiger partial charge in [0.25, 0.3) is 5.91 Å². The maximum Gasteiger partial charge on any atom is 0.289 e. The molecule has 0 unspecified atom stereocenters. The van der Waals surface area contributed by atoms with Gasteiger partial charge >= 0.3 is 0 Å². The lowest BCUT2D eigenvalue weighted by Gasteiger charge is -2.09. The molecular weight excluding hydrogens is 313 g/mol. The molecule has 0 aliphatic rings. The van der Waals surface area contributed by atoms with Crippen molar-refractivity contribution in [3.63, 3.8) is 0 Å². The number of aryl methyl sites for hydroxylation is 1. The molecule has 0 aliphatic carbocycles. The first kappa shape index (κ1) is 15.9. The van der Waals surface area contributed by atoms with Crippen LogP contribution in [0.5, 0.6) is 0 Å². The number of furan rings is 1. The number of pyridine rings is 1. The lowest BCUT2D eigenvalue weighted by Crippen LogP contribution is -2.26. The minimum Gasteiger partial charge on any atom is -0.448 e. The number of halogens is 1. The summed E-state index contributed by atoms with van der Waals surface area (Å²) < 4.78 is 19.7. The monoisotopic (exact) mass is 329 g/mol. The largest absolute Gasteiger partial charge is 0.448 e. The standard InChI is InChI=1S/C17H16FN3O3/c1-10-2-3-13(12(18)8-10)21-15-11-9-19-5-4-14(11)24-16(15)17(23)20-6-7-22/h2-5,8-9,21-22H,6-7H2,1H3,(H,20,23). The number of nitrogens with one attached hydrogen (secondary N) is 2. The summed E-state index contributed by atoms with van der Waals surface area (Å²) in [4.78, 5) is 16.3. The zero-order valence-electron chi connectivity index (χ0n) is 13.0. The van der Waals surface area contributed by atoms with Crippen LogP contribution < -0.4 is 10.6 Å². The molecule has 2 heterocycles. The van der Waals surface area contributed by atoms with E-state index in [-0.39, 0.29) is 24.6 Å². The van der Waals surface area contributed by atoms with Gasteiger partial charge in [-0.25, -0.2) is 4.39 Å². The number of aliphatic hydroxyl groups excluding tert-OH is 1. The van der Waals surface area contributed by atoms with Crippen molar-refractivity contribution >= 4 is 28.3 Å². The van der Waals surface area contributed by atoms with Crippen LogP contribution >= 0.6 is 0 Å². The maximum atomic E-state index is 14.1. The number of nitrogens with zero attached hydrogens (tertiary/aromatic N) is 1. The van der Waals surface area contributed by atoms with Crippen molar-refractivity contribution in [2.45, 2.75) is 6.92 Å². The molecule has 1 amide bonds. The van der Waals surface area contributed by atoms with E-state index in [2.05, 4.69) is 15.6 Å². The molecule has 0 radical (unpaired) electrons. The molecule has 0 atom stereocenters. The van der Waals surface area contributed by atoms with Gasteiger partial charge < -0.3 is 20.2 Å². The second-order valence-electron chi connectivity index (χ2n) is 5.27. The van der Waals surface area contributed by atoms with Gasteiger partial charge in [-0.3, -0.25) is 9.78 Å². The fourth-order valence-corrected chi connectivity index (χ4v) is 2.33. The first-order chi connectivity index (χ1) is 11.6. The highest BCUT2D eigenvalue weighted by molar-refractivity contribution is 6.07. The van der Waals surface area contributed by atoms with E-state index in [1.165, 1.54) is 18.5 Å². The minimum absolute atomic E-state index is 0.00595. The Hall–Kier alpha value is -2.93. The SMILES string of the molecule is Cc1ccc(Nc2c(C(=O)NCCO)oc3ccncc23)c(F)c1. The van der Waals surface area contributed by atoms with Crippen molar-refractivity contribution in [2.75, 3.05) is 18.5 Å². The second kappa shape index (κ2) is 6.67. The summed E-state index contributed by atoms with van der Waals surface area (Å²) in [5.41, 5.74) is 1.80. The van der Waals surface area contributed by atoms with Gasteiger partial charge in [-0.05, 0) is 30.7 Å². The number of amides is 1. The highest BCUT2D eigenvalue weighted by atomic mass is 19.1. The van der Waals surface area contributed by atoms with E-state index in [0.717, 1.165) is 5.56 Å². The smallest absolute Gasteiger partial charge is 0.289 e. The molecule has 0 saturated heterocycles. The molecule has 1 aromatic carbocycles. The third kappa shape index (κ3) is 3.07. The number of rotatable bonds is 5. The third-order valence-electron chi connectivity index (χ3n) is 3.48. The molecule has 0 aliphatic heterocycles. The molecule has 2 aromatic heterocycles. The number of aliphatic hydroxyl groups is 1. The Bertz CT molecular complexity index is 892. The van der Waals surface area contributed by atoms with Gasteiger partial charge in [-0.2, -0.15) is 0 Å². The molecule has 3 rings (SSSR count). The average Bonchev–Trinajstić information content (AvgIpc) is 2.94. The highest BCUT2D eigenvalue weighted by Gasteiger charge is 2.21. The molecule has 0 spiro atoms. The average molecular weight is 329 g/mol. The topological polar surface area (TPSA) is 87.4 Å². The zero-order valence-corrected chi connectivity index (χ0v) is 13.0. The Balaban J connectivity index is 2.05. The van der Waals surface area contributed by atoms with Gasteiger partial charge in [0.05, 0.1) is 17.7 Å². The number of hydrogen-bond donors (Lipinski definition) is 3. The molecule has 3 N–H and O–H groups in total. The van der Waals surface area contributed by atoms with Crippen LogP contribution in [-0.2, 0) is 0 Å². The number of benzene rings is 1. The molecule has 0 bridgehead atoms. The van der Waals surface area contributed by atoms with E-state index in [0.29, 0.717) is 16.7 Å². The molecule has 7 heteroatoms. The zero-order chi connectivity index (χ0) is 17.1. The van der Waals surface area contributed by atoms with Crippen molar-refractivity contribution in [3.8, 4) is 0 Å². The van der Waals surface area contributed by atoms with E-state index in [4.69, 9.17) is 9.52 Å². The van der Waals surface area contributed by atoms with Crippen LogP contribution in [0.2, 0.25) is 0 Å². The highest BCUT2D eigenvalue weighted by Crippen LogP contribution is 2.33. The number of aromatic nitrogens is 1. The summed E-state index contributed by atoms with van der Waals surface area (Å²) >= 11 is 0. The van der Waals surface area contributed by atoms with Crippen molar-refractivity contribution < 1.29 is 18.7 Å². The Morgan fingerprint density at radius 1 is 1.38 bits per heavy atom. The molecule has 0 fully saturated rings. The van der Waals surface area contributed by atoms with Crippen LogP contribution in [0, 0.1) is 12.7 Å². The molecular formula is C17H16FN3O3. The second-order valence-corrected chi connectivity index (χ2v) is 5.27. The van der Waals surface area contributed by atoms with E-state index >= 15 is 0 Å². The molecule has 0 saturated carbocycles. The summed E-state index contributed by atoms with van der Waals surface area (Å²) in [6, 6.07) is 6.37. The van der Waals surface area contributed by atoms with Gasteiger partial charge in [-0.15, -0.1) is 0 Å². The van der Waals surface area contributed by atoms with Crippen molar-refractivity contribution in [1.29, 1.82) is 0 Å². The quantitative estimate of drug-likeness (QED) is 0.670. The minimum atomic E-state index is -0.504. The number of anilines is 2. The number of fused-ring (bicyclic) bond motifs is 1. The van der Waals surface area contributed by atoms with Crippen molar-refractivity contribution in [2.24, 2.45) is 0 Å². The van der Waals surface area contributed by atoms with Gasteiger partial charge in [-0.1, -0.05) is 6.07 Å². The predicted molar refractivity (Wildman–Crippen MR) is 87.8 cm³/mol. The van der Waals surface area contributed by atoms with E-state index < -0.39 is 11.7 Å². The first-order valence-electron chi connectivity index (χ1n) is 7.39. The molecule has 3 aromatic rings. The first-order valence-corrected chi connectivity index (χ1v) is 7.39. The van der Waals surface area contributed by atoms with Crippen LogP contribution in [0.1, 0.15) is 16.1 Å². The van der Waals surface area contributed by atoms with Gasteiger partial charge in [0.2, 0.25) is 5.76 Å². The molecule has 124 valence electrons. The Kier molecular flexibility index (Phi) is 4.43. The molecule has 24 heavy (non-hydrogen) atoms. The van der Waals surface area contributed by atoms with E-state index in [1.807, 2.05) is 0 Å². The third-order valence-corrected chi connectivity index (χ3v) is 3.48. The van der Waals surface area contributed by atoms with E-state index in [9.17, 15) is 9.18 Å². The van der Waals surface area contributed by atoms with Crippen molar-refractivity contribution in [1.82, 2.24) is 10.3 Å². The summed E-state index contributed by atoms with van der Waals surface area (Å²) in [6.07, 6.45) is 3.08. The van der Waals surface area contributed by atoms with Crippen molar-refractivity contribution in [3.05, 3.63) is 53.8 Å². The fourth-order valence-electron chi connectivity index (χ4n) is 2.33. The van der Waals surface area contributed by atoms with Crippen LogP contribution in [0.25, 0.3) is 11.0 Å². The van der Waals surface area contributed by atoms with Gasteiger partial charge in [0.1, 0.15) is 17.1 Å². The summed E-state index contributed by atoms with van der Waals surface area (Å²) in [5, 5.41) is 14.8. The summed E-state index contributed by atoms with van der Waals surface area (Å²) in [7, 11) is 0.